The molecule has 0 aliphatic carbocycles. The highest BCUT2D eigenvalue weighted by molar-refractivity contribution is 5.94. The van der Waals surface area contributed by atoms with Gasteiger partial charge in [0.05, 0.1) is 43.3 Å². The first kappa shape index (κ1) is 22.5. The van der Waals surface area contributed by atoms with Crippen LogP contribution in [0.1, 0.15) is 10.4 Å². The molecule has 0 saturated carbocycles. The minimum Gasteiger partial charge on any atom is -0.475 e. The zero-order valence-corrected chi connectivity index (χ0v) is 15.4. The second kappa shape index (κ2) is 9.60. The molecule has 2 aliphatic rings. The molecule has 0 bridgehead atoms. The van der Waals surface area contributed by atoms with E-state index in [0.29, 0.717) is 38.3 Å². The number of nitrogens with one attached hydrogen (secondary N) is 1. The van der Waals surface area contributed by atoms with Crippen LogP contribution in [0.2, 0.25) is 0 Å². The van der Waals surface area contributed by atoms with Gasteiger partial charge in [-0.2, -0.15) is 23.4 Å². The van der Waals surface area contributed by atoms with Gasteiger partial charge in [0.1, 0.15) is 0 Å². The average molecular weight is 419 g/mol. The molecule has 2 aliphatic heterocycles. The van der Waals surface area contributed by atoms with E-state index < -0.39 is 12.1 Å². The molecule has 0 radical (unpaired) electrons. The molecule has 2 saturated heterocycles. The molecule has 1 aromatic heterocycles. The number of halogens is 3. The van der Waals surface area contributed by atoms with Gasteiger partial charge in [-0.3, -0.25) is 14.5 Å². The Morgan fingerprint density at radius 3 is 2.55 bits per heavy atom. The van der Waals surface area contributed by atoms with Crippen molar-refractivity contribution in [1.82, 2.24) is 25.3 Å². The summed E-state index contributed by atoms with van der Waals surface area (Å²) in [6.07, 6.45) is -2.16. The van der Waals surface area contributed by atoms with Crippen LogP contribution in [0, 0.1) is 0 Å². The van der Waals surface area contributed by atoms with Gasteiger partial charge in [-0.25, -0.2) is 4.79 Å². The van der Waals surface area contributed by atoms with Crippen molar-refractivity contribution in [1.29, 1.82) is 0 Å². The minimum absolute atomic E-state index is 0.0243. The molecule has 13 heteroatoms. The van der Waals surface area contributed by atoms with E-state index in [9.17, 15) is 22.8 Å². The number of nitrogens with zero attached hydrogens (tertiary/aromatic N) is 4. The van der Waals surface area contributed by atoms with Gasteiger partial charge >= 0.3 is 12.1 Å². The van der Waals surface area contributed by atoms with E-state index in [1.807, 2.05) is 0 Å². The molecule has 1 aromatic rings. The molecular formula is C16H20F3N5O5. The number of hydrogen-bond acceptors (Lipinski definition) is 7. The van der Waals surface area contributed by atoms with Crippen molar-refractivity contribution in [2.45, 2.75) is 18.3 Å². The normalized spacial score (nSPS) is 21.6. The summed E-state index contributed by atoms with van der Waals surface area (Å²) in [5.41, 5.74) is 0.520. The molecule has 2 atom stereocenters. The van der Waals surface area contributed by atoms with Crippen molar-refractivity contribution in [2.75, 3.05) is 39.8 Å². The van der Waals surface area contributed by atoms with Crippen LogP contribution < -0.4 is 5.32 Å². The average Bonchev–Trinajstić information content (AvgIpc) is 3.13. The molecule has 3 heterocycles. The predicted octanol–water partition coefficient (Wildman–Crippen LogP) is -0.619. The van der Waals surface area contributed by atoms with Crippen LogP contribution in [0.25, 0.3) is 0 Å². The smallest absolute Gasteiger partial charge is 0.475 e. The van der Waals surface area contributed by atoms with Crippen molar-refractivity contribution in [3.05, 3.63) is 24.0 Å². The number of carbonyl (C=O) groups excluding carboxylic acids is 2. The number of morpholine rings is 1. The largest absolute Gasteiger partial charge is 0.490 e. The highest BCUT2D eigenvalue weighted by Crippen LogP contribution is 2.24. The van der Waals surface area contributed by atoms with Crippen LogP contribution in [0.3, 0.4) is 0 Å². The maximum atomic E-state index is 12.5. The van der Waals surface area contributed by atoms with Gasteiger partial charge in [-0.05, 0) is 6.07 Å². The number of carboxylic acid groups (broad SMARTS) is 1. The summed E-state index contributed by atoms with van der Waals surface area (Å²) in [4.78, 5) is 36.8. The molecule has 2 N–H and O–H groups in total. The fourth-order valence-electron chi connectivity index (χ4n) is 2.98. The van der Waals surface area contributed by atoms with Gasteiger partial charge in [0.2, 0.25) is 5.91 Å². The Hall–Kier alpha value is -2.80. The number of amides is 2. The van der Waals surface area contributed by atoms with Gasteiger partial charge in [-0.1, -0.05) is 0 Å². The summed E-state index contributed by atoms with van der Waals surface area (Å²) in [5.74, 6) is -2.86. The van der Waals surface area contributed by atoms with E-state index in [4.69, 9.17) is 14.6 Å². The van der Waals surface area contributed by atoms with E-state index in [1.54, 1.807) is 18.0 Å². The highest BCUT2D eigenvalue weighted by Gasteiger charge is 2.42. The molecule has 29 heavy (non-hydrogen) atoms. The summed E-state index contributed by atoms with van der Waals surface area (Å²) in [6, 6.07) is 1.71. The molecular weight excluding hydrogens is 399 g/mol. The third-order valence-corrected chi connectivity index (χ3v) is 4.40. The summed E-state index contributed by atoms with van der Waals surface area (Å²) >= 11 is 0. The SMILES string of the molecule is CNC(=O)CN1CCO[C@H]2CN(C(=O)c3ccnnc3)C[C@H]21.O=C(O)C(F)(F)F. The van der Waals surface area contributed by atoms with Crippen molar-refractivity contribution in [3.63, 3.8) is 0 Å². The lowest BCUT2D eigenvalue weighted by molar-refractivity contribution is -0.192. The molecule has 0 aromatic carbocycles. The number of fused-ring (bicyclic) bond motifs is 1. The number of carbonyl (C=O) groups is 3. The predicted molar refractivity (Wildman–Crippen MR) is 90.8 cm³/mol. The quantitative estimate of drug-likeness (QED) is 0.664. The van der Waals surface area contributed by atoms with Crippen LogP contribution in [-0.2, 0) is 14.3 Å². The standard InChI is InChI=1S/C14H19N5O3.C2HF3O2/c1-15-13(20)9-18-4-5-22-12-8-19(7-11(12)18)14(21)10-2-3-16-17-6-10;3-2(4,5)1(6)7/h2-3,6,11-12H,4-5,7-9H2,1H3,(H,15,20);(H,6,7)/t11-,12+;/m1./s1. The number of aromatic nitrogens is 2. The minimum atomic E-state index is -5.08. The van der Waals surface area contributed by atoms with Crippen LogP contribution in [-0.4, -0.2) is 101 Å². The number of likely N-dealkylation sites (tertiary alicyclic amines) is 1. The number of rotatable bonds is 3. The molecule has 3 rings (SSSR count). The lowest BCUT2D eigenvalue weighted by Crippen LogP contribution is -2.53. The lowest BCUT2D eigenvalue weighted by Gasteiger charge is -2.35. The second-order valence-electron chi connectivity index (χ2n) is 6.26. The number of alkyl halides is 3. The molecule has 160 valence electrons. The van der Waals surface area contributed by atoms with E-state index in [1.165, 1.54) is 12.4 Å². The molecule has 2 amide bonds. The Balaban J connectivity index is 0.000000370. The summed E-state index contributed by atoms with van der Waals surface area (Å²) in [6.45, 7) is 2.71. The van der Waals surface area contributed by atoms with Crippen LogP contribution >= 0.6 is 0 Å². The van der Waals surface area contributed by atoms with Crippen molar-refractivity contribution in [3.8, 4) is 0 Å². The summed E-state index contributed by atoms with van der Waals surface area (Å²) < 4.78 is 37.5. The summed E-state index contributed by atoms with van der Waals surface area (Å²) in [5, 5.41) is 17.2. The molecule has 2 fully saturated rings. The molecule has 0 spiro atoms. The van der Waals surface area contributed by atoms with Gasteiger partial charge < -0.3 is 20.1 Å². The van der Waals surface area contributed by atoms with E-state index in [2.05, 4.69) is 20.4 Å². The first-order chi connectivity index (χ1) is 13.6. The Bertz CT molecular complexity index is 733. The van der Waals surface area contributed by atoms with Gasteiger partial charge in [0, 0.05) is 26.7 Å². The van der Waals surface area contributed by atoms with E-state index in [-0.39, 0.29) is 24.0 Å². The number of hydrogen-bond donors (Lipinski definition) is 2. The Morgan fingerprint density at radius 1 is 1.31 bits per heavy atom. The van der Waals surface area contributed by atoms with Crippen molar-refractivity contribution in [2.24, 2.45) is 0 Å². The van der Waals surface area contributed by atoms with Crippen LogP contribution in [0.4, 0.5) is 13.2 Å². The summed E-state index contributed by atoms with van der Waals surface area (Å²) in [7, 11) is 1.63. The van der Waals surface area contributed by atoms with Gasteiger partial charge in [-0.15, -0.1) is 0 Å². The number of carboxylic acids is 1. The highest BCUT2D eigenvalue weighted by atomic mass is 19.4. The topological polar surface area (TPSA) is 125 Å². The zero-order chi connectivity index (χ0) is 21.6. The first-order valence-electron chi connectivity index (χ1n) is 8.55. The zero-order valence-electron chi connectivity index (χ0n) is 15.4. The number of ether oxygens (including phenoxy) is 1. The van der Waals surface area contributed by atoms with Gasteiger partial charge in [0.25, 0.3) is 5.91 Å². The third kappa shape index (κ3) is 6.09. The maximum absolute atomic E-state index is 12.5. The number of likely N-dealkylation sites (N-methyl/N-ethyl adjacent to an activating group) is 1. The lowest BCUT2D eigenvalue weighted by atomic mass is 10.1. The van der Waals surface area contributed by atoms with E-state index >= 15 is 0 Å². The van der Waals surface area contributed by atoms with E-state index in [0.717, 1.165) is 0 Å². The monoisotopic (exact) mass is 419 g/mol. The Labute approximate surface area is 163 Å². The van der Waals surface area contributed by atoms with Crippen LogP contribution in [0.5, 0.6) is 0 Å². The Morgan fingerprint density at radius 2 is 2.00 bits per heavy atom. The fourth-order valence-corrected chi connectivity index (χ4v) is 2.98. The third-order valence-electron chi connectivity index (χ3n) is 4.40. The number of aliphatic carboxylic acids is 1. The fraction of sp³-hybridized carbons (Fsp3) is 0.562. The Kier molecular flexibility index (Phi) is 7.45. The maximum Gasteiger partial charge on any atom is 0.490 e. The molecule has 10 nitrogen and oxygen atoms in total. The first-order valence-corrected chi connectivity index (χ1v) is 8.55. The van der Waals surface area contributed by atoms with Crippen LogP contribution in [0.15, 0.2) is 18.5 Å². The van der Waals surface area contributed by atoms with Gasteiger partial charge in [0.15, 0.2) is 0 Å². The molecule has 0 unspecified atom stereocenters. The van der Waals surface area contributed by atoms with Crippen molar-refractivity contribution < 1.29 is 37.4 Å². The second-order valence-corrected chi connectivity index (χ2v) is 6.26. The van der Waals surface area contributed by atoms with Crippen molar-refractivity contribution >= 4 is 17.8 Å².